The van der Waals surface area contributed by atoms with Gasteiger partial charge < -0.3 is 5.32 Å². The molecule has 98 valence electrons. The van der Waals surface area contributed by atoms with Crippen LogP contribution in [0.5, 0.6) is 0 Å². The van der Waals surface area contributed by atoms with Crippen LogP contribution in [0.15, 0.2) is 16.6 Å². The second-order valence-corrected chi connectivity index (χ2v) is 5.43. The van der Waals surface area contributed by atoms with Crippen LogP contribution in [0, 0.1) is 13.8 Å². The molecule has 0 aliphatic heterocycles. The molecule has 0 saturated heterocycles. The lowest BCUT2D eigenvalue weighted by Crippen LogP contribution is -2.38. The van der Waals surface area contributed by atoms with E-state index in [0.717, 1.165) is 15.6 Å². The van der Waals surface area contributed by atoms with Crippen molar-refractivity contribution in [1.29, 1.82) is 0 Å². The van der Waals surface area contributed by atoms with Crippen LogP contribution in [0.25, 0.3) is 0 Å². The summed E-state index contributed by atoms with van der Waals surface area (Å²) in [6.45, 7) is 5.34. The molecule has 18 heavy (non-hydrogen) atoms. The van der Waals surface area contributed by atoms with Gasteiger partial charge >= 0.3 is 6.03 Å². The lowest BCUT2D eigenvalue weighted by atomic mass is 10.1. The van der Waals surface area contributed by atoms with Crippen LogP contribution >= 0.6 is 27.5 Å². The second-order valence-electron chi connectivity index (χ2n) is 3.98. The molecule has 4 nitrogen and oxygen atoms in total. The number of benzene rings is 1. The van der Waals surface area contributed by atoms with Crippen molar-refractivity contribution >= 4 is 45.2 Å². The van der Waals surface area contributed by atoms with E-state index in [9.17, 15) is 9.59 Å². The highest BCUT2D eigenvalue weighted by molar-refractivity contribution is 9.10. The summed E-state index contributed by atoms with van der Waals surface area (Å²) >= 11 is 8.99. The maximum absolute atomic E-state index is 11.5. The maximum atomic E-state index is 11.5. The molecule has 1 atom stereocenters. The molecule has 0 heterocycles. The highest BCUT2D eigenvalue weighted by atomic mass is 79.9. The third kappa shape index (κ3) is 3.99. The quantitative estimate of drug-likeness (QED) is 0.816. The first-order valence-electron chi connectivity index (χ1n) is 5.34. The predicted octanol–water partition coefficient (Wildman–Crippen LogP) is 3.34. The van der Waals surface area contributed by atoms with Crippen LogP contribution in [0.4, 0.5) is 10.5 Å². The Labute approximate surface area is 119 Å². The Hall–Kier alpha value is -1.07. The zero-order chi connectivity index (χ0) is 13.9. The fourth-order valence-electron chi connectivity index (χ4n) is 1.39. The largest absolute Gasteiger partial charge is 0.325 e. The van der Waals surface area contributed by atoms with Crippen LogP contribution in [0.1, 0.15) is 18.1 Å². The van der Waals surface area contributed by atoms with Gasteiger partial charge in [0.25, 0.3) is 0 Å². The van der Waals surface area contributed by atoms with Crippen LogP contribution in [0.3, 0.4) is 0 Å². The number of urea groups is 1. The summed E-state index contributed by atoms with van der Waals surface area (Å²) in [5.41, 5.74) is 2.63. The summed E-state index contributed by atoms with van der Waals surface area (Å²) in [6, 6.07) is 3.03. The first kappa shape index (κ1) is 15.0. The first-order chi connectivity index (χ1) is 8.31. The van der Waals surface area contributed by atoms with E-state index < -0.39 is 17.3 Å². The Morgan fingerprint density at radius 2 is 1.78 bits per heavy atom. The molecule has 0 radical (unpaired) electrons. The fourth-order valence-corrected chi connectivity index (χ4v) is 1.68. The minimum atomic E-state index is -0.746. The topological polar surface area (TPSA) is 58.2 Å². The van der Waals surface area contributed by atoms with E-state index >= 15 is 0 Å². The van der Waals surface area contributed by atoms with Gasteiger partial charge in [-0.2, -0.15) is 0 Å². The molecule has 0 fully saturated rings. The highest BCUT2D eigenvalue weighted by Crippen LogP contribution is 2.24. The number of carbonyl (C=O) groups excluding carboxylic acids is 2. The van der Waals surface area contributed by atoms with Gasteiger partial charge in [-0.15, -0.1) is 11.6 Å². The molecule has 3 amide bonds. The number of anilines is 1. The Balaban J connectivity index is 2.74. The molecule has 1 aromatic rings. The second kappa shape index (κ2) is 6.20. The molecule has 0 bridgehead atoms. The van der Waals surface area contributed by atoms with Gasteiger partial charge in [0.2, 0.25) is 5.91 Å². The SMILES string of the molecule is Cc1cc(NC(=O)NC(=O)C(C)Cl)cc(C)c1Br. The van der Waals surface area contributed by atoms with Crippen LogP contribution in [-0.2, 0) is 4.79 Å². The Kier molecular flexibility index (Phi) is 5.16. The first-order valence-corrected chi connectivity index (χ1v) is 6.57. The van der Waals surface area contributed by atoms with Gasteiger partial charge in [0.15, 0.2) is 0 Å². The van der Waals surface area contributed by atoms with Gasteiger partial charge in [-0.25, -0.2) is 4.79 Å². The molecular weight excluding hydrogens is 320 g/mol. The van der Waals surface area contributed by atoms with Gasteiger partial charge in [-0.05, 0) is 44.0 Å². The minimum Gasteiger partial charge on any atom is -0.308 e. The van der Waals surface area contributed by atoms with Crippen LogP contribution in [0.2, 0.25) is 0 Å². The number of nitrogens with one attached hydrogen (secondary N) is 2. The van der Waals surface area contributed by atoms with E-state index in [1.54, 1.807) is 0 Å². The van der Waals surface area contributed by atoms with Gasteiger partial charge in [-0.1, -0.05) is 15.9 Å². The third-order valence-corrected chi connectivity index (χ3v) is 3.74. The van der Waals surface area contributed by atoms with Crippen molar-refractivity contribution in [2.45, 2.75) is 26.1 Å². The van der Waals surface area contributed by atoms with Crippen LogP contribution < -0.4 is 10.6 Å². The summed E-state index contributed by atoms with van der Waals surface area (Å²) in [6.07, 6.45) is 0. The average Bonchev–Trinajstić information content (AvgIpc) is 2.25. The lowest BCUT2D eigenvalue weighted by Gasteiger charge is -2.10. The predicted molar refractivity (Wildman–Crippen MR) is 76.1 cm³/mol. The Morgan fingerprint density at radius 3 is 2.22 bits per heavy atom. The van der Waals surface area contributed by atoms with Gasteiger partial charge in [0.05, 0.1) is 0 Å². The number of hydrogen-bond acceptors (Lipinski definition) is 2. The summed E-state index contributed by atoms with van der Waals surface area (Å²) < 4.78 is 0.999. The zero-order valence-corrected chi connectivity index (χ0v) is 12.6. The van der Waals surface area contributed by atoms with E-state index in [1.165, 1.54) is 6.92 Å². The molecule has 2 N–H and O–H groups in total. The molecule has 0 saturated carbocycles. The highest BCUT2D eigenvalue weighted by Gasteiger charge is 2.13. The number of halogens is 2. The van der Waals surface area contributed by atoms with E-state index in [1.807, 2.05) is 26.0 Å². The number of carbonyl (C=O) groups is 2. The lowest BCUT2D eigenvalue weighted by molar-refractivity contribution is -0.119. The average molecular weight is 334 g/mol. The van der Waals surface area contributed by atoms with Crippen molar-refractivity contribution in [2.24, 2.45) is 0 Å². The van der Waals surface area contributed by atoms with Crippen molar-refractivity contribution < 1.29 is 9.59 Å². The van der Waals surface area contributed by atoms with Crippen LogP contribution in [-0.4, -0.2) is 17.3 Å². The molecule has 0 aliphatic carbocycles. The molecular formula is C12H14BrClN2O2. The van der Waals surface area contributed by atoms with E-state index in [0.29, 0.717) is 5.69 Å². The van der Waals surface area contributed by atoms with Crippen molar-refractivity contribution in [3.8, 4) is 0 Å². The third-order valence-electron chi connectivity index (χ3n) is 2.29. The summed E-state index contributed by atoms with van der Waals surface area (Å²) in [4.78, 5) is 22.7. The number of amides is 3. The molecule has 0 aliphatic rings. The molecule has 1 rings (SSSR count). The summed E-state index contributed by atoms with van der Waals surface area (Å²) in [5.74, 6) is -0.528. The molecule has 1 aromatic carbocycles. The van der Waals surface area contributed by atoms with Gasteiger partial charge in [0.1, 0.15) is 5.38 Å². The molecule has 0 spiro atoms. The van der Waals surface area contributed by atoms with Crippen molar-refractivity contribution in [1.82, 2.24) is 5.32 Å². The normalized spacial score (nSPS) is 11.8. The summed E-state index contributed by atoms with van der Waals surface area (Å²) in [7, 11) is 0. The molecule has 0 aromatic heterocycles. The monoisotopic (exact) mass is 332 g/mol. The summed E-state index contributed by atoms with van der Waals surface area (Å²) in [5, 5.41) is 3.99. The van der Waals surface area contributed by atoms with Crippen molar-refractivity contribution in [3.63, 3.8) is 0 Å². The van der Waals surface area contributed by atoms with Crippen molar-refractivity contribution in [3.05, 3.63) is 27.7 Å². The number of aryl methyl sites for hydroxylation is 2. The number of rotatable bonds is 2. The van der Waals surface area contributed by atoms with Crippen molar-refractivity contribution in [2.75, 3.05) is 5.32 Å². The fraction of sp³-hybridized carbons (Fsp3) is 0.333. The minimum absolute atomic E-state index is 0.528. The van der Waals surface area contributed by atoms with E-state index in [4.69, 9.17) is 11.6 Å². The Bertz CT molecular complexity index is 466. The van der Waals surface area contributed by atoms with Gasteiger partial charge in [0, 0.05) is 10.2 Å². The van der Waals surface area contributed by atoms with E-state index in [2.05, 4.69) is 26.6 Å². The Morgan fingerprint density at radius 1 is 1.28 bits per heavy atom. The number of hydrogen-bond donors (Lipinski definition) is 2. The number of imide groups is 1. The zero-order valence-electron chi connectivity index (χ0n) is 10.3. The number of alkyl halides is 1. The standard InChI is InChI=1S/C12H14BrClN2O2/c1-6-4-9(5-7(2)10(6)13)15-12(18)16-11(17)8(3)14/h4-5,8H,1-3H3,(H2,15,16,17,18). The molecule has 6 heteroatoms. The molecule has 1 unspecified atom stereocenters. The van der Waals surface area contributed by atoms with E-state index in [-0.39, 0.29) is 0 Å². The van der Waals surface area contributed by atoms with Gasteiger partial charge in [-0.3, -0.25) is 10.1 Å². The maximum Gasteiger partial charge on any atom is 0.325 e. The smallest absolute Gasteiger partial charge is 0.308 e.